The van der Waals surface area contributed by atoms with E-state index in [1.165, 1.54) is 0 Å². The molecule has 8 heteroatoms. The Kier molecular flexibility index (Phi) is 7.75. The number of unbranched alkanes of at least 4 members (excludes halogenated alkanes) is 1. The van der Waals surface area contributed by atoms with Crippen LogP contribution in [-0.4, -0.2) is 39.5 Å². The summed E-state index contributed by atoms with van der Waals surface area (Å²) < 4.78 is 11.3. The molecule has 2 atom stereocenters. The van der Waals surface area contributed by atoms with Gasteiger partial charge in [0.05, 0.1) is 6.42 Å². The van der Waals surface area contributed by atoms with E-state index >= 15 is 0 Å². The summed E-state index contributed by atoms with van der Waals surface area (Å²) in [7, 11) is 0. The molecule has 0 saturated heterocycles. The van der Waals surface area contributed by atoms with Crippen LogP contribution in [-0.2, 0) is 16.0 Å². The first-order chi connectivity index (χ1) is 13.7. The number of nitrogens with zero attached hydrogens (tertiary/aromatic N) is 2. The molecule has 0 bridgehead atoms. The van der Waals surface area contributed by atoms with Gasteiger partial charge in [0.1, 0.15) is 12.1 Å². The number of aromatic nitrogens is 2. The normalized spacial score (nSPS) is 13.5. The van der Waals surface area contributed by atoms with E-state index in [9.17, 15) is 14.7 Å². The van der Waals surface area contributed by atoms with Gasteiger partial charge in [-0.3, -0.25) is 0 Å². The van der Waals surface area contributed by atoms with Crippen LogP contribution >= 0.6 is 0 Å². The second kappa shape index (κ2) is 10.0. The van der Waals surface area contributed by atoms with Gasteiger partial charge in [-0.1, -0.05) is 58.7 Å². The first-order valence-corrected chi connectivity index (χ1v) is 9.78. The van der Waals surface area contributed by atoms with Crippen molar-refractivity contribution in [2.24, 2.45) is 5.41 Å². The molecule has 0 aliphatic heterocycles. The molecule has 2 aromatic rings. The smallest absolute Gasteiger partial charge is 0.408 e. The quantitative estimate of drug-likeness (QED) is 0.649. The second-order valence-electron chi connectivity index (χ2n) is 8.01. The number of aliphatic carboxylic acids is 1. The summed E-state index contributed by atoms with van der Waals surface area (Å²) in [5.74, 6) is -0.340. The first-order valence-electron chi connectivity index (χ1n) is 9.78. The number of alkyl carbamates (subject to hydrolysis) is 1. The van der Waals surface area contributed by atoms with Crippen LogP contribution in [0.1, 0.15) is 52.8 Å². The zero-order valence-corrected chi connectivity index (χ0v) is 17.3. The molecule has 1 aromatic heterocycles. The molecule has 0 fully saturated rings. The lowest BCUT2D eigenvalue weighted by atomic mass is 9.87. The minimum absolute atomic E-state index is 0.226. The number of amides is 1. The third-order valence-corrected chi connectivity index (χ3v) is 4.50. The van der Waals surface area contributed by atoms with E-state index in [1.807, 2.05) is 58.0 Å². The highest BCUT2D eigenvalue weighted by atomic mass is 16.6. The fraction of sp³-hybridized carbons (Fsp3) is 0.524. The summed E-state index contributed by atoms with van der Waals surface area (Å²) in [5.41, 5.74) is 0.387. The molecule has 1 unspecified atom stereocenters. The Balaban J connectivity index is 2.05. The van der Waals surface area contributed by atoms with Gasteiger partial charge in [0, 0.05) is 5.56 Å². The maximum Gasteiger partial charge on any atom is 0.408 e. The minimum atomic E-state index is -1.08. The highest BCUT2D eigenvalue weighted by Gasteiger charge is 2.32. The van der Waals surface area contributed by atoms with Crippen LogP contribution in [0.2, 0.25) is 0 Å². The second-order valence-corrected chi connectivity index (χ2v) is 8.01. The molecule has 0 spiro atoms. The summed E-state index contributed by atoms with van der Waals surface area (Å²) in [6, 6.07) is 8.41. The molecule has 2 N–H and O–H groups in total. The number of benzene rings is 1. The van der Waals surface area contributed by atoms with Crippen molar-refractivity contribution in [3.8, 4) is 11.5 Å². The fourth-order valence-electron chi connectivity index (χ4n) is 2.69. The Morgan fingerprint density at radius 1 is 1.21 bits per heavy atom. The lowest BCUT2D eigenvalue weighted by Crippen LogP contribution is -2.44. The van der Waals surface area contributed by atoms with Crippen molar-refractivity contribution in [3.63, 3.8) is 0 Å². The first kappa shape index (κ1) is 22.4. The number of hydrogen-bond acceptors (Lipinski definition) is 6. The molecule has 2 rings (SSSR count). The SMILES string of the molecule is CCCC[C@H](NC(=O)OC(Cc1nnc(-c2ccccc2)o1)C(C)(C)C)C(=O)O. The van der Waals surface area contributed by atoms with Gasteiger partial charge in [0.2, 0.25) is 11.8 Å². The summed E-state index contributed by atoms with van der Waals surface area (Å²) in [4.78, 5) is 23.7. The van der Waals surface area contributed by atoms with E-state index in [-0.39, 0.29) is 6.42 Å². The molecule has 1 heterocycles. The standard InChI is InChI=1S/C21H29N3O5/c1-5-6-12-15(19(25)26)22-20(27)28-16(21(2,3)4)13-17-23-24-18(29-17)14-10-8-7-9-11-14/h7-11,15-16H,5-6,12-13H2,1-4H3,(H,22,27)(H,25,26)/t15-,16?/m0/s1. The molecule has 0 radical (unpaired) electrons. The van der Waals surface area contributed by atoms with Crippen LogP contribution < -0.4 is 5.32 Å². The molecular formula is C21H29N3O5. The van der Waals surface area contributed by atoms with E-state index in [2.05, 4.69) is 15.5 Å². The Hall–Kier alpha value is -2.90. The van der Waals surface area contributed by atoms with Crippen molar-refractivity contribution in [1.29, 1.82) is 0 Å². The summed E-state index contributed by atoms with van der Waals surface area (Å²) in [6.07, 6.45) is 0.772. The van der Waals surface area contributed by atoms with Crippen LogP contribution in [0.15, 0.2) is 34.7 Å². The summed E-state index contributed by atoms with van der Waals surface area (Å²) in [6.45, 7) is 7.72. The summed E-state index contributed by atoms with van der Waals surface area (Å²) in [5, 5.41) is 19.8. The van der Waals surface area contributed by atoms with Gasteiger partial charge < -0.3 is 19.6 Å². The third-order valence-electron chi connectivity index (χ3n) is 4.50. The number of carbonyl (C=O) groups excluding carboxylic acids is 1. The number of carbonyl (C=O) groups is 2. The highest BCUT2D eigenvalue weighted by Crippen LogP contribution is 2.27. The van der Waals surface area contributed by atoms with E-state index < -0.39 is 29.6 Å². The zero-order valence-electron chi connectivity index (χ0n) is 17.3. The van der Waals surface area contributed by atoms with Gasteiger partial charge in [-0.2, -0.15) is 0 Å². The number of carboxylic acid groups (broad SMARTS) is 1. The van der Waals surface area contributed by atoms with Gasteiger partial charge in [-0.15, -0.1) is 10.2 Å². The van der Waals surface area contributed by atoms with Crippen molar-refractivity contribution >= 4 is 12.1 Å². The number of hydrogen-bond donors (Lipinski definition) is 2. The van der Waals surface area contributed by atoms with Gasteiger partial charge in [0.15, 0.2) is 0 Å². The summed E-state index contributed by atoms with van der Waals surface area (Å²) >= 11 is 0. The van der Waals surface area contributed by atoms with E-state index in [4.69, 9.17) is 9.15 Å². The van der Waals surface area contributed by atoms with Crippen molar-refractivity contribution in [2.75, 3.05) is 0 Å². The topological polar surface area (TPSA) is 115 Å². The van der Waals surface area contributed by atoms with Crippen LogP contribution in [0.5, 0.6) is 0 Å². The molecule has 29 heavy (non-hydrogen) atoms. The highest BCUT2D eigenvalue weighted by molar-refractivity contribution is 5.79. The average Bonchev–Trinajstić information content (AvgIpc) is 3.13. The molecule has 1 amide bonds. The maximum atomic E-state index is 12.3. The van der Waals surface area contributed by atoms with E-state index in [0.717, 1.165) is 12.0 Å². The maximum absolute atomic E-state index is 12.3. The molecule has 0 aliphatic carbocycles. The van der Waals surface area contributed by atoms with Crippen molar-refractivity contribution in [3.05, 3.63) is 36.2 Å². The van der Waals surface area contributed by atoms with Crippen LogP contribution in [0.25, 0.3) is 11.5 Å². The average molecular weight is 403 g/mol. The Morgan fingerprint density at radius 2 is 1.90 bits per heavy atom. The zero-order chi connectivity index (χ0) is 21.4. The number of carboxylic acids is 1. The van der Waals surface area contributed by atoms with Crippen molar-refractivity contribution in [2.45, 2.75) is 65.5 Å². The Bertz CT molecular complexity index is 798. The molecule has 158 valence electrons. The predicted octanol–water partition coefficient (Wildman–Crippen LogP) is 4.06. The molecule has 0 aliphatic rings. The monoisotopic (exact) mass is 403 g/mol. The predicted molar refractivity (Wildman–Crippen MR) is 107 cm³/mol. The Labute approximate surface area is 170 Å². The van der Waals surface area contributed by atoms with Gasteiger partial charge >= 0.3 is 12.1 Å². The minimum Gasteiger partial charge on any atom is -0.480 e. The number of rotatable bonds is 9. The lowest BCUT2D eigenvalue weighted by Gasteiger charge is -2.29. The van der Waals surface area contributed by atoms with Crippen LogP contribution in [0, 0.1) is 5.41 Å². The molecule has 0 saturated carbocycles. The molecule has 1 aromatic carbocycles. The fourth-order valence-corrected chi connectivity index (χ4v) is 2.69. The van der Waals surface area contributed by atoms with Gasteiger partial charge in [-0.25, -0.2) is 9.59 Å². The molecular weight excluding hydrogens is 374 g/mol. The van der Waals surface area contributed by atoms with Crippen LogP contribution in [0.4, 0.5) is 4.79 Å². The van der Waals surface area contributed by atoms with Crippen molar-refractivity contribution in [1.82, 2.24) is 15.5 Å². The van der Waals surface area contributed by atoms with E-state index in [1.54, 1.807) is 0 Å². The van der Waals surface area contributed by atoms with Crippen LogP contribution in [0.3, 0.4) is 0 Å². The molecule has 8 nitrogen and oxygen atoms in total. The Morgan fingerprint density at radius 3 is 2.48 bits per heavy atom. The third kappa shape index (κ3) is 6.89. The van der Waals surface area contributed by atoms with E-state index in [0.29, 0.717) is 24.6 Å². The van der Waals surface area contributed by atoms with Gasteiger partial charge in [-0.05, 0) is 24.0 Å². The number of nitrogens with one attached hydrogen (secondary N) is 1. The number of ether oxygens (including phenoxy) is 1. The lowest BCUT2D eigenvalue weighted by molar-refractivity contribution is -0.139. The van der Waals surface area contributed by atoms with Crippen molar-refractivity contribution < 1.29 is 23.8 Å². The van der Waals surface area contributed by atoms with Gasteiger partial charge in [0.25, 0.3) is 0 Å². The largest absolute Gasteiger partial charge is 0.480 e.